The lowest BCUT2D eigenvalue weighted by molar-refractivity contribution is 0.112. The maximum Gasteiger partial charge on any atom is 0.150 e. The van der Waals surface area contributed by atoms with Gasteiger partial charge in [0.1, 0.15) is 12.0 Å². The number of likely N-dealkylation sites (tertiary alicyclic amines) is 1. The molecule has 0 unspecified atom stereocenters. The molecule has 4 nitrogen and oxygen atoms in total. The Labute approximate surface area is 176 Å². The minimum absolute atomic E-state index is 0.653. The smallest absolute Gasteiger partial charge is 0.150 e. The Bertz CT molecular complexity index is 755. The first-order chi connectivity index (χ1) is 14.1. The fourth-order valence-corrected chi connectivity index (χ4v) is 3.95. The number of benzene rings is 2. The van der Waals surface area contributed by atoms with Crippen LogP contribution in [0.15, 0.2) is 36.4 Å². The second kappa shape index (κ2) is 11.7. The van der Waals surface area contributed by atoms with Crippen molar-refractivity contribution >= 4 is 6.29 Å². The van der Waals surface area contributed by atoms with E-state index in [4.69, 9.17) is 10.5 Å². The second-order valence-electron chi connectivity index (χ2n) is 7.72. The molecule has 158 valence electrons. The van der Waals surface area contributed by atoms with Crippen LogP contribution in [0.4, 0.5) is 0 Å². The molecule has 3 rings (SSSR count). The number of methoxy groups -OCH3 is 1. The quantitative estimate of drug-likeness (QED) is 0.726. The zero-order valence-electron chi connectivity index (χ0n) is 18.4. The first-order valence-electron chi connectivity index (χ1n) is 10.7. The monoisotopic (exact) mass is 396 g/mol. The van der Waals surface area contributed by atoms with Crippen LogP contribution in [0.3, 0.4) is 0 Å². The molecule has 2 aromatic carbocycles. The molecular weight excluding hydrogens is 360 g/mol. The zero-order valence-corrected chi connectivity index (χ0v) is 18.4. The van der Waals surface area contributed by atoms with Crippen LogP contribution >= 0.6 is 0 Å². The molecule has 2 aromatic rings. The normalized spacial score (nSPS) is 14.8. The number of hydrogen-bond acceptors (Lipinski definition) is 4. The summed E-state index contributed by atoms with van der Waals surface area (Å²) in [5.41, 5.74) is 11.3. The van der Waals surface area contributed by atoms with Gasteiger partial charge in [0.25, 0.3) is 0 Å². The largest absolute Gasteiger partial charge is 0.496 e. The Hall–Kier alpha value is -2.17. The van der Waals surface area contributed by atoms with Crippen molar-refractivity contribution in [3.8, 4) is 5.75 Å². The summed E-state index contributed by atoms with van der Waals surface area (Å²) in [6, 6.07) is 12.6. The first kappa shape index (κ1) is 23.1. The topological polar surface area (TPSA) is 55.6 Å². The van der Waals surface area contributed by atoms with Crippen LogP contribution < -0.4 is 10.5 Å². The van der Waals surface area contributed by atoms with Crippen LogP contribution in [0.1, 0.15) is 65.2 Å². The summed E-state index contributed by atoms with van der Waals surface area (Å²) in [7, 11) is 3.88. The number of aryl methyl sites for hydroxylation is 2. The summed E-state index contributed by atoms with van der Waals surface area (Å²) < 4.78 is 5.34. The van der Waals surface area contributed by atoms with Gasteiger partial charge in [-0.2, -0.15) is 0 Å². The van der Waals surface area contributed by atoms with Gasteiger partial charge in [-0.3, -0.25) is 4.79 Å². The van der Waals surface area contributed by atoms with Crippen molar-refractivity contribution in [1.29, 1.82) is 0 Å². The summed E-state index contributed by atoms with van der Waals surface area (Å²) in [4.78, 5) is 13.1. The number of nitrogens with zero attached hydrogens (tertiary/aromatic N) is 1. The molecular formula is C25H36N2O2. The molecule has 0 amide bonds. The van der Waals surface area contributed by atoms with Crippen LogP contribution in [-0.2, 0) is 19.4 Å². The minimum atomic E-state index is 0.653. The Morgan fingerprint density at radius 3 is 2.21 bits per heavy atom. The summed E-state index contributed by atoms with van der Waals surface area (Å²) in [5.74, 6) is 1.67. The molecule has 1 fully saturated rings. The number of carbonyl (C=O) groups is 1. The van der Waals surface area contributed by atoms with Crippen LogP contribution in [0, 0.1) is 0 Å². The summed E-state index contributed by atoms with van der Waals surface area (Å²) in [6.07, 6.45) is 5.22. The van der Waals surface area contributed by atoms with Gasteiger partial charge in [-0.1, -0.05) is 38.1 Å². The number of piperidine rings is 1. The highest BCUT2D eigenvalue weighted by atomic mass is 16.5. The molecule has 2 N–H and O–H groups in total. The fourth-order valence-electron chi connectivity index (χ4n) is 3.95. The molecule has 0 saturated carbocycles. The molecule has 0 atom stereocenters. The van der Waals surface area contributed by atoms with Crippen molar-refractivity contribution in [2.45, 2.75) is 52.0 Å². The highest BCUT2D eigenvalue weighted by Crippen LogP contribution is 2.28. The van der Waals surface area contributed by atoms with Crippen LogP contribution in [0.25, 0.3) is 0 Å². The van der Waals surface area contributed by atoms with Crippen molar-refractivity contribution in [3.63, 3.8) is 0 Å². The lowest BCUT2D eigenvalue weighted by Crippen LogP contribution is -2.29. The van der Waals surface area contributed by atoms with Gasteiger partial charge in [-0.25, -0.2) is 0 Å². The molecule has 1 heterocycles. The van der Waals surface area contributed by atoms with Crippen molar-refractivity contribution in [3.05, 3.63) is 64.2 Å². The lowest BCUT2D eigenvalue weighted by Gasteiger charge is -2.29. The molecule has 29 heavy (non-hydrogen) atoms. The summed E-state index contributed by atoms with van der Waals surface area (Å²) >= 11 is 0. The van der Waals surface area contributed by atoms with E-state index in [0.717, 1.165) is 47.5 Å². The molecule has 0 spiro atoms. The standard InChI is InChI=1S/C13H20N2.C12H16O2/c1-15-7-5-12(6-8-15)13-4-2-3-11(9-13)10-14;1-4-10-6-9(8-13)7-11(5-2)12(10)14-3/h2-4,9,12H,5-8,10,14H2,1H3;6-8H,4-5H2,1-3H3. The van der Waals surface area contributed by atoms with E-state index in [9.17, 15) is 4.79 Å². The number of aldehydes is 1. The molecule has 1 saturated heterocycles. The Morgan fingerprint density at radius 1 is 1.10 bits per heavy atom. The van der Waals surface area contributed by atoms with Gasteiger partial charge < -0.3 is 15.4 Å². The third-order valence-electron chi connectivity index (χ3n) is 5.74. The number of nitrogens with two attached hydrogens (primary N) is 1. The van der Waals surface area contributed by atoms with E-state index in [1.54, 1.807) is 7.11 Å². The highest BCUT2D eigenvalue weighted by Gasteiger charge is 2.18. The Morgan fingerprint density at radius 2 is 1.72 bits per heavy atom. The Balaban J connectivity index is 0.000000208. The van der Waals surface area contributed by atoms with Crippen molar-refractivity contribution in [2.75, 3.05) is 27.2 Å². The first-order valence-corrected chi connectivity index (χ1v) is 10.7. The predicted octanol–water partition coefficient (Wildman–Crippen LogP) is 4.59. The maximum absolute atomic E-state index is 10.7. The highest BCUT2D eigenvalue weighted by molar-refractivity contribution is 5.76. The van der Waals surface area contributed by atoms with Gasteiger partial charge in [0.2, 0.25) is 0 Å². The number of rotatable bonds is 6. The van der Waals surface area contributed by atoms with Crippen molar-refractivity contribution < 1.29 is 9.53 Å². The van der Waals surface area contributed by atoms with Gasteiger partial charge in [-0.15, -0.1) is 0 Å². The van der Waals surface area contributed by atoms with Gasteiger partial charge >= 0.3 is 0 Å². The molecule has 0 radical (unpaired) electrons. The SMILES string of the molecule is CCc1cc(C=O)cc(CC)c1OC.CN1CCC(c2cccc(CN)c2)CC1. The average Bonchev–Trinajstić information content (AvgIpc) is 2.78. The fraction of sp³-hybridized carbons (Fsp3) is 0.480. The maximum atomic E-state index is 10.7. The number of hydrogen-bond donors (Lipinski definition) is 1. The van der Waals surface area contributed by atoms with E-state index < -0.39 is 0 Å². The number of carbonyl (C=O) groups excluding carboxylic acids is 1. The molecule has 1 aliphatic rings. The lowest BCUT2D eigenvalue weighted by atomic mass is 9.89. The number of ether oxygens (including phenoxy) is 1. The molecule has 0 bridgehead atoms. The van der Waals surface area contributed by atoms with E-state index in [2.05, 4.69) is 50.1 Å². The Kier molecular flexibility index (Phi) is 9.36. The van der Waals surface area contributed by atoms with E-state index >= 15 is 0 Å². The van der Waals surface area contributed by atoms with E-state index in [1.807, 2.05) is 12.1 Å². The molecule has 0 aromatic heterocycles. The summed E-state index contributed by atoms with van der Waals surface area (Å²) in [6.45, 7) is 7.22. The third-order valence-corrected chi connectivity index (χ3v) is 5.74. The zero-order chi connectivity index (χ0) is 21.2. The van der Waals surface area contributed by atoms with Gasteiger partial charge in [0.05, 0.1) is 7.11 Å². The van der Waals surface area contributed by atoms with Crippen molar-refractivity contribution in [2.24, 2.45) is 5.73 Å². The van der Waals surface area contributed by atoms with E-state index in [0.29, 0.717) is 6.54 Å². The molecule has 4 heteroatoms. The predicted molar refractivity (Wildman–Crippen MR) is 121 cm³/mol. The van der Waals surface area contributed by atoms with Crippen molar-refractivity contribution in [1.82, 2.24) is 4.90 Å². The van der Waals surface area contributed by atoms with Crippen LogP contribution in [-0.4, -0.2) is 38.4 Å². The average molecular weight is 397 g/mol. The van der Waals surface area contributed by atoms with Gasteiger partial charge in [-0.05, 0) is 86.1 Å². The van der Waals surface area contributed by atoms with E-state index in [-0.39, 0.29) is 0 Å². The molecule has 1 aliphatic heterocycles. The van der Waals surface area contributed by atoms with Gasteiger partial charge in [0, 0.05) is 12.1 Å². The van der Waals surface area contributed by atoms with Gasteiger partial charge in [0.15, 0.2) is 0 Å². The molecule has 0 aliphatic carbocycles. The third kappa shape index (κ3) is 6.41. The van der Waals surface area contributed by atoms with Crippen LogP contribution in [0.2, 0.25) is 0 Å². The minimum Gasteiger partial charge on any atom is -0.496 e. The second-order valence-corrected chi connectivity index (χ2v) is 7.72. The van der Waals surface area contributed by atoms with Crippen LogP contribution in [0.5, 0.6) is 5.75 Å². The summed E-state index contributed by atoms with van der Waals surface area (Å²) in [5, 5.41) is 0. The van der Waals surface area contributed by atoms with E-state index in [1.165, 1.54) is 37.1 Å².